The maximum atomic E-state index is 9.16. The second kappa shape index (κ2) is 3.77. The molecule has 1 aromatic carbocycles. The van der Waals surface area contributed by atoms with Crippen LogP contribution in [0, 0.1) is 11.3 Å². The first-order valence-electron chi connectivity index (χ1n) is 3.18. The summed E-state index contributed by atoms with van der Waals surface area (Å²) in [6.45, 7) is 0. The maximum Gasteiger partial charge on any atom is 0.168 e. The van der Waals surface area contributed by atoms with Gasteiger partial charge in [-0.25, -0.2) is 0 Å². The van der Waals surface area contributed by atoms with Gasteiger partial charge in [0.1, 0.15) is 0 Å². The third-order valence-corrected chi connectivity index (χ3v) is 2.05. The van der Waals surface area contributed by atoms with Crippen LogP contribution >= 0.6 is 23.2 Å². The molecular weight excluding hydrogens is 197 g/mol. The fourth-order valence-electron chi connectivity index (χ4n) is 0.836. The van der Waals surface area contributed by atoms with E-state index < -0.39 is 6.10 Å². The highest BCUT2D eigenvalue weighted by atomic mass is 35.5. The summed E-state index contributed by atoms with van der Waals surface area (Å²) in [6, 6.07) is 6.45. The van der Waals surface area contributed by atoms with Crippen molar-refractivity contribution in [1.29, 1.82) is 5.26 Å². The Bertz CT molecular complexity index is 312. The topological polar surface area (TPSA) is 44.0 Å². The van der Waals surface area contributed by atoms with E-state index in [9.17, 15) is 0 Å². The third kappa shape index (κ3) is 1.70. The summed E-state index contributed by atoms with van der Waals surface area (Å²) in [6.07, 6.45) is -1.26. The zero-order valence-electron chi connectivity index (χ0n) is 5.96. The number of benzene rings is 1. The SMILES string of the molecule is N#C[C@H](O)c1c(Cl)cccc1Cl. The molecule has 1 N–H and O–H groups in total. The van der Waals surface area contributed by atoms with Gasteiger partial charge in [-0.05, 0) is 12.1 Å². The lowest BCUT2D eigenvalue weighted by Crippen LogP contribution is -1.95. The summed E-state index contributed by atoms with van der Waals surface area (Å²) in [5, 5.41) is 18.2. The van der Waals surface area contributed by atoms with Crippen molar-refractivity contribution in [1.82, 2.24) is 0 Å². The van der Waals surface area contributed by atoms with Gasteiger partial charge >= 0.3 is 0 Å². The largest absolute Gasteiger partial charge is 0.374 e. The van der Waals surface area contributed by atoms with E-state index in [1.165, 1.54) is 0 Å². The summed E-state index contributed by atoms with van der Waals surface area (Å²) in [4.78, 5) is 0. The number of aliphatic hydroxyl groups is 1. The summed E-state index contributed by atoms with van der Waals surface area (Å²) in [5.41, 5.74) is 0.267. The first-order valence-corrected chi connectivity index (χ1v) is 3.94. The van der Waals surface area contributed by atoms with Crippen molar-refractivity contribution < 1.29 is 5.11 Å². The van der Waals surface area contributed by atoms with E-state index in [4.69, 9.17) is 33.6 Å². The Morgan fingerprint density at radius 1 is 1.33 bits per heavy atom. The predicted octanol–water partition coefficient (Wildman–Crippen LogP) is 2.55. The van der Waals surface area contributed by atoms with Crippen molar-refractivity contribution in [2.24, 2.45) is 0 Å². The van der Waals surface area contributed by atoms with Crippen molar-refractivity contribution in [3.8, 4) is 6.07 Å². The van der Waals surface area contributed by atoms with Gasteiger partial charge in [0.25, 0.3) is 0 Å². The van der Waals surface area contributed by atoms with Gasteiger partial charge in [-0.1, -0.05) is 29.3 Å². The number of hydrogen-bond acceptors (Lipinski definition) is 2. The number of nitrogens with zero attached hydrogens (tertiary/aromatic N) is 1. The van der Waals surface area contributed by atoms with Crippen LogP contribution in [0.25, 0.3) is 0 Å². The normalized spacial score (nSPS) is 12.2. The van der Waals surface area contributed by atoms with Crippen LogP contribution in [0.3, 0.4) is 0 Å². The molecule has 0 fully saturated rings. The minimum Gasteiger partial charge on any atom is -0.374 e. The maximum absolute atomic E-state index is 9.16. The lowest BCUT2D eigenvalue weighted by atomic mass is 10.1. The molecule has 0 saturated carbocycles. The molecule has 0 aliphatic carbocycles. The summed E-state index contributed by atoms with van der Waals surface area (Å²) in [5.74, 6) is 0. The number of aliphatic hydroxyl groups excluding tert-OH is 1. The van der Waals surface area contributed by atoms with Gasteiger partial charge in [0, 0.05) is 15.6 Å². The first-order chi connectivity index (χ1) is 5.66. The van der Waals surface area contributed by atoms with E-state index in [-0.39, 0.29) is 5.56 Å². The zero-order valence-corrected chi connectivity index (χ0v) is 7.47. The van der Waals surface area contributed by atoms with E-state index in [0.717, 1.165) is 0 Å². The standard InChI is InChI=1S/C8H5Cl2NO/c9-5-2-1-3-6(10)8(5)7(12)4-11/h1-3,7,12H/t7-/m0/s1. The molecule has 1 rings (SSSR count). The predicted molar refractivity (Wildman–Crippen MR) is 47.0 cm³/mol. The summed E-state index contributed by atoms with van der Waals surface area (Å²) >= 11 is 11.4. The molecule has 0 heterocycles. The number of halogens is 2. The van der Waals surface area contributed by atoms with Crippen molar-refractivity contribution in [2.45, 2.75) is 6.10 Å². The summed E-state index contributed by atoms with van der Waals surface area (Å²) in [7, 11) is 0. The van der Waals surface area contributed by atoms with Gasteiger partial charge in [0.15, 0.2) is 6.10 Å². The van der Waals surface area contributed by atoms with Gasteiger partial charge in [-0.3, -0.25) is 0 Å². The molecule has 0 amide bonds. The van der Waals surface area contributed by atoms with Gasteiger partial charge in [0.05, 0.1) is 6.07 Å². The molecular formula is C8H5Cl2NO. The molecule has 12 heavy (non-hydrogen) atoms. The van der Waals surface area contributed by atoms with Crippen molar-refractivity contribution in [2.75, 3.05) is 0 Å². The van der Waals surface area contributed by atoms with Crippen LogP contribution in [-0.2, 0) is 0 Å². The van der Waals surface area contributed by atoms with Crippen LogP contribution in [-0.4, -0.2) is 5.11 Å². The number of hydrogen-bond donors (Lipinski definition) is 1. The van der Waals surface area contributed by atoms with Crippen molar-refractivity contribution >= 4 is 23.2 Å². The van der Waals surface area contributed by atoms with Gasteiger partial charge in [0.2, 0.25) is 0 Å². The van der Waals surface area contributed by atoms with E-state index in [0.29, 0.717) is 10.0 Å². The van der Waals surface area contributed by atoms with Gasteiger partial charge < -0.3 is 5.11 Å². The monoisotopic (exact) mass is 201 g/mol. The van der Waals surface area contributed by atoms with E-state index in [1.54, 1.807) is 24.3 Å². The molecule has 0 radical (unpaired) electrons. The lowest BCUT2D eigenvalue weighted by molar-refractivity contribution is 0.236. The Balaban J connectivity index is 3.23. The average molecular weight is 202 g/mol. The number of nitriles is 1. The van der Waals surface area contributed by atoms with Crippen LogP contribution in [0.2, 0.25) is 10.0 Å². The lowest BCUT2D eigenvalue weighted by Gasteiger charge is -2.06. The molecule has 0 bridgehead atoms. The Morgan fingerprint density at radius 2 is 1.83 bits per heavy atom. The van der Waals surface area contributed by atoms with E-state index in [2.05, 4.69) is 0 Å². The third-order valence-electron chi connectivity index (χ3n) is 1.40. The minimum atomic E-state index is -1.26. The Hall–Kier alpha value is -0.750. The number of rotatable bonds is 1. The Kier molecular flexibility index (Phi) is 2.93. The van der Waals surface area contributed by atoms with Crippen LogP contribution in [0.5, 0.6) is 0 Å². The highest BCUT2D eigenvalue weighted by Gasteiger charge is 2.13. The molecule has 62 valence electrons. The molecule has 1 aromatic rings. The Morgan fingerprint density at radius 3 is 2.25 bits per heavy atom. The van der Waals surface area contributed by atoms with E-state index in [1.807, 2.05) is 0 Å². The molecule has 0 unspecified atom stereocenters. The van der Waals surface area contributed by atoms with Crippen molar-refractivity contribution in [3.05, 3.63) is 33.8 Å². The molecule has 2 nitrogen and oxygen atoms in total. The smallest absolute Gasteiger partial charge is 0.168 e. The Labute approximate surface area is 80.0 Å². The second-order valence-electron chi connectivity index (χ2n) is 2.17. The first kappa shape index (κ1) is 9.34. The van der Waals surface area contributed by atoms with E-state index >= 15 is 0 Å². The molecule has 0 aromatic heterocycles. The van der Waals surface area contributed by atoms with Crippen LogP contribution in [0.1, 0.15) is 11.7 Å². The van der Waals surface area contributed by atoms with Gasteiger partial charge in [-0.15, -0.1) is 0 Å². The quantitative estimate of drug-likeness (QED) is 0.711. The molecule has 0 saturated heterocycles. The molecule has 0 aliphatic rings. The average Bonchev–Trinajstić information content (AvgIpc) is 2.03. The zero-order chi connectivity index (χ0) is 9.14. The summed E-state index contributed by atoms with van der Waals surface area (Å²) < 4.78 is 0. The fraction of sp³-hybridized carbons (Fsp3) is 0.125. The second-order valence-corrected chi connectivity index (χ2v) is 2.98. The molecule has 0 aliphatic heterocycles. The highest BCUT2D eigenvalue weighted by molar-refractivity contribution is 6.36. The molecule has 0 spiro atoms. The molecule has 1 atom stereocenters. The molecule has 4 heteroatoms. The van der Waals surface area contributed by atoms with Crippen LogP contribution in [0.15, 0.2) is 18.2 Å². The van der Waals surface area contributed by atoms with Gasteiger partial charge in [-0.2, -0.15) is 5.26 Å². The van der Waals surface area contributed by atoms with Crippen LogP contribution < -0.4 is 0 Å². The van der Waals surface area contributed by atoms with Crippen molar-refractivity contribution in [3.63, 3.8) is 0 Å². The highest BCUT2D eigenvalue weighted by Crippen LogP contribution is 2.29. The minimum absolute atomic E-state index is 0.267. The fourth-order valence-corrected chi connectivity index (χ4v) is 1.44. The van der Waals surface area contributed by atoms with Crippen LogP contribution in [0.4, 0.5) is 0 Å².